The zero-order chi connectivity index (χ0) is 26.1. The lowest BCUT2D eigenvalue weighted by Crippen LogP contribution is -2.35. The number of carbonyl (C=O) groups excluding carboxylic acids is 2. The number of hydrogen-bond donors (Lipinski definition) is 4. The van der Waals surface area contributed by atoms with E-state index in [4.69, 9.17) is 20.0 Å². The molecule has 0 saturated carbocycles. The van der Waals surface area contributed by atoms with E-state index in [0.717, 1.165) is 38.4 Å². The van der Waals surface area contributed by atoms with Crippen molar-refractivity contribution in [1.29, 1.82) is 0 Å². The van der Waals surface area contributed by atoms with E-state index in [1.165, 1.54) is 6.20 Å². The average molecular weight is 479 g/mol. The zero-order valence-electron chi connectivity index (χ0n) is 21.6. The zero-order valence-corrected chi connectivity index (χ0v) is 21.6. The van der Waals surface area contributed by atoms with E-state index < -0.39 is 5.60 Å². The van der Waals surface area contributed by atoms with Gasteiger partial charge in [-0.2, -0.15) is 5.10 Å². The van der Waals surface area contributed by atoms with Gasteiger partial charge >= 0.3 is 0 Å². The molecule has 0 aliphatic carbocycles. The first kappa shape index (κ1) is 30.9. The van der Waals surface area contributed by atoms with Crippen LogP contribution in [0.4, 0.5) is 11.4 Å². The molecule has 1 fully saturated rings. The number of carbonyl (C=O) groups is 2. The summed E-state index contributed by atoms with van der Waals surface area (Å²) in [6.45, 7) is 17.9. The maximum absolute atomic E-state index is 12.6. The number of nitrogens with zero attached hydrogens (tertiary/aromatic N) is 2. The van der Waals surface area contributed by atoms with Gasteiger partial charge < -0.3 is 26.3 Å². The smallest absolute Gasteiger partial charge is 0.277 e. The third-order valence-corrected chi connectivity index (χ3v) is 4.12. The van der Waals surface area contributed by atoms with Crippen LogP contribution in [-0.2, 0) is 16.1 Å². The van der Waals surface area contributed by atoms with E-state index in [-0.39, 0.29) is 18.0 Å². The second-order valence-electron chi connectivity index (χ2n) is 7.72. The van der Waals surface area contributed by atoms with Crippen molar-refractivity contribution in [3.8, 4) is 5.75 Å². The van der Waals surface area contributed by atoms with Gasteiger partial charge in [0.1, 0.15) is 5.60 Å². The van der Waals surface area contributed by atoms with Crippen LogP contribution < -0.4 is 21.5 Å². The number of rotatable bonds is 5. The van der Waals surface area contributed by atoms with Crippen LogP contribution in [0.3, 0.4) is 0 Å². The van der Waals surface area contributed by atoms with Crippen LogP contribution in [0.25, 0.3) is 0 Å². The molecule has 0 atom stereocenters. The Labute approximate surface area is 203 Å². The summed E-state index contributed by atoms with van der Waals surface area (Å²) in [5, 5.41) is 9.42. The Balaban J connectivity index is 0.00000141. The van der Waals surface area contributed by atoms with Crippen LogP contribution in [-0.4, -0.2) is 59.3 Å². The van der Waals surface area contributed by atoms with E-state index in [1.54, 1.807) is 0 Å². The van der Waals surface area contributed by atoms with E-state index in [1.807, 2.05) is 66.7 Å². The monoisotopic (exact) mass is 478 g/mol. The number of ether oxygens (including phenoxy) is 2. The lowest BCUT2D eigenvalue weighted by molar-refractivity contribution is -0.106. The van der Waals surface area contributed by atoms with Crippen LogP contribution in [0.5, 0.6) is 5.75 Å². The maximum Gasteiger partial charge on any atom is 0.277 e. The Hall–Kier alpha value is -3.11. The second-order valence-corrected chi connectivity index (χ2v) is 7.72. The van der Waals surface area contributed by atoms with Gasteiger partial charge in [0, 0.05) is 19.6 Å². The largest absolute Gasteiger partial charge is 0.484 e. The second kappa shape index (κ2) is 16.5. The number of anilines is 2. The number of H-pyrrole nitrogens is 1. The van der Waals surface area contributed by atoms with Crippen LogP contribution in [0, 0.1) is 0 Å². The van der Waals surface area contributed by atoms with Crippen molar-refractivity contribution in [1.82, 2.24) is 15.1 Å². The normalized spacial score (nSPS) is 13.0. The molecule has 0 radical (unpaired) electrons. The third kappa shape index (κ3) is 11.2. The molecule has 3 rings (SSSR count). The first-order chi connectivity index (χ1) is 16.2. The highest BCUT2D eigenvalue weighted by Gasteiger charge is 2.21. The number of primary amides is 1. The van der Waals surface area contributed by atoms with Crippen molar-refractivity contribution < 1.29 is 19.1 Å². The highest BCUT2D eigenvalue weighted by Crippen LogP contribution is 2.25. The molecule has 2 aromatic rings. The van der Waals surface area contributed by atoms with Crippen LogP contribution in [0.1, 0.15) is 64.5 Å². The van der Waals surface area contributed by atoms with Gasteiger partial charge in [-0.25, -0.2) is 0 Å². The first-order valence-electron chi connectivity index (χ1n) is 11.6. The SMILES string of the molecule is CC.CC.CC(C)(C)Oc1cn[nH]c1C(=O)Nc1ccc(CN2CCOCC2)cc1N.NC=O. The molecule has 2 amide bonds. The number of nitrogen functional groups attached to an aromatic ring is 1. The molecule has 0 bridgehead atoms. The summed E-state index contributed by atoms with van der Waals surface area (Å²) in [7, 11) is 0. The van der Waals surface area contributed by atoms with Gasteiger partial charge in [-0.3, -0.25) is 19.6 Å². The number of nitrogens with two attached hydrogens (primary N) is 2. The molecule has 1 aliphatic rings. The Morgan fingerprint density at radius 2 is 1.82 bits per heavy atom. The average Bonchev–Trinajstić information content (AvgIpc) is 3.26. The maximum atomic E-state index is 12.6. The lowest BCUT2D eigenvalue weighted by atomic mass is 10.1. The van der Waals surface area contributed by atoms with Crippen molar-refractivity contribution in [2.24, 2.45) is 5.73 Å². The Bertz CT molecular complexity index is 842. The number of hydrogen-bond acceptors (Lipinski definition) is 7. The standard InChI is InChI=1S/C19H27N5O3.2C2H6.CH3NO/c1-19(2,3)27-16-11-21-23-17(16)18(25)22-15-5-4-13(10-14(15)20)12-24-6-8-26-9-7-24;2*1-2;2-1-3/h4-5,10-11H,6-9,12,20H2,1-3H3,(H,21,23)(H,22,25);2*1-2H3;1H,(H2,2,3). The fourth-order valence-corrected chi connectivity index (χ4v) is 2.87. The molecule has 192 valence electrons. The Kier molecular flexibility index (Phi) is 15.0. The lowest BCUT2D eigenvalue weighted by Gasteiger charge is -2.26. The van der Waals surface area contributed by atoms with Gasteiger partial charge in [-0.05, 0) is 38.5 Å². The molecule has 10 nitrogen and oxygen atoms in total. The first-order valence-corrected chi connectivity index (χ1v) is 11.6. The Morgan fingerprint density at radius 1 is 1.24 bits per heavy atom. The van der Waals surface area contributed by atoms with Crippen LogP contribution in [0.15, 0.2) is 24.4 Å². The molecule has 0 spiro atoms. The van der Waals surface area contributed by atoms with E-state index in [2.05, 4.69) is 26.1 Å². The summed E-state index contributed by atoms with van der Waals surface area (Å²) in [6, 6.07) is 5.69. The van der Waals surface area contributed by atoms with Crippen molar-refractivity contribution in [3.63, 3.8) is 0 Å². The molecular formula is C24H42N6O4. The molecular weight excluding hydrogens is 436 g/mol. The van der Waals surface area contributed by atoms with Gasteiger partial charge in [0.05, 0.1) is 30.8 Å². The minimum Gasteiger partial charge on any atom is -0.484 e. The van der Waals surface area contributed by atoms with Crippen molar-refractivity contribution in [2.45, 2.75) is 60.6 Å². The Morgan fingerprint density at radius 3 is 2.35 bits per heavy atom. The number of aromatic nitrogens is 2. The van der Waals surface area contributed by atoms with Crippen LogP contribution >= 0.6 is 0 Å². The minimum atomic E-state index is -0.431. The van der Waals surface area contributed by atoms with Crippen LogP contribution in [0.2, 0.25) is 0 Å². The fourth-order valence-electron chi connectivity index (χ4n) is 2.87. The van der Waals surface area contributed by atoms with Gasteiger partial charge in [0.2, 0.25) is 6.41 Å². The third-order valence-electron chi connectivity index (χ3n) is 4.12. The summed E-state index contributed by atoms with van der Waals surface area (Å²) in [6.07, 6.45) is 1.74. The predicted octanol–water partition coefficient (Wildman–Crippen LogP) is 3.41. The molecule has 1 saturated heterocycles. The minimum absolute atomic E-state index is 0.250. The van der Waals surface area contributed by atoms with Gasteiger partial charge in [0.25, 0.3) is 5.91 Å². The number of morpholine rings is 1. The van der Waals surface area contributed by atoms with Crippen molar-refractivity contribution >= 4 is 23.7 Å². The predicted molar refractivity (Wildman–Crippen MR) is 137 cm³/mol. The van der Waals surface area contributed by atoms with Gasteiger partial charge in [-0.15, -0.1) is 0 Å². The number of aromatic amines is 1. The van der Waals surface area contributed by atoms with Gasteiger partial charge in [0.15, 0.2) is 11.4 Å². The number of amides is 2. The highest BCUT2D eigenvalue weighted by atomic mass is 16.5. The van der Waals surface area contributed by atoms with Gasteiger partial charge in [-0.1, -0.05) is 33.8 Å². The molecule has 1 aromatic heterocycles. The molecule has 0 unspecified atom stereocenters. The summed E-state index contributed by atoms with van der Waals surface area (Å²) < 4.78 is 11.1. The molecule has 34 heavy (non-hydrogen) atoms. The number of benzene rings is 1. The fraction of sp³-hybridized carbons (Fsp3) is 0.542. The highest BCUT2D eigenvalue weighted by molar-refractivity contribution is 6.06. The summed E-state index contributed by atoms with van der Waals surface area (Å²) in [5.41, 5.74) is 12.3. The quantitative estimate of drug-likeness (QED) is 0.380. The number of nitrogens with one attached hydrogen (secondary N) is 2. The van der Waals surface area contributed by atoms with Crippen molar-refractivity contribution in [3.05, 3.63) is 35.7 Å². The molecule has 6 N–H and O–H groups in total. The molecule has 1 aliphatic heterocycles. The summed E-state index contributed by atoms with van der Waals surface area (Å²) >= 11 is 0. The molecule has 1 aromatic carbocycles. The molecule has 10 heteroatoms. The summed E-state index contributed by atoms with van der Waals surface area (Å²) in [4.78, 5) is 23.5. The molecule has 2 heterocycles. The van der Waals surface area contributed by atoms with E-state index in [0.29, 0.717) is 17.1 Å². The topological polar surface area (TPSA) is 149 Å². The van der Waals surface area contributed by atoms with E-state index in [9.17, 15) is 4.79 Å². The van der Waals surface area contributed by atoms with E-state index >= 15 is 0 Å². The summed E-state index contributed by atoms with van der Waals surface area (Å²) in [5.74, 6) is 0.0573. The van der Waals surface area contributed by atoms with Crippen molar-refractivity contribution in [2.75, 3.05) is 37.4 Å².